The summed E-state index contributed by atoms with van der Waals surface area (Å²) in [5.74, 6) is -1.68. The minimum atomic E-state index is -4.64. The van der Waals surface area contributed by atoms with Crippen molar-refractivity contribution in [3.8, 4) is 11.5 Å². The summed E-state index contributed by atoms with van der Waals surface area (Å²) in [7, 11) is 1.34. The largest absolute Gasteiger partial charge is 0.493 e. The third-order valence-electron chi connectivity index (χ3n) is 4.29. The Balaban J connectivity index is 2.15. The number of nitrogens with zero attached hydrogens (tertiary/aromatic N) is 1. The predicted molar refractivity (Wildman–Crippen MR) is 109 cm³/mol. The molecule has 2 aromatic carbocycles. The first-order chi connectivity index (χ1) is 15.1. The molecule has 2 rings (SSSR count). The number of methoxy groups -OCH3 is 1. The number of rotatable bonds is 9. The fraction of sp³-hybridized carbons (Fsp3) is 0.286. The number of ether oxygens (including phenoxy) is 2. The first kappa shape index (κ1) is 24.5. The predicted octanol–water partition coefficient (Wildman–Crippen LogP) is 2.68. The lowest BCUT2D eigenvalue weighted by atomic mass is 10.1. The minimum absolute atomic E-state index is 0.120. The van der Waals surface area contributed by atoms with Crippen LogP contribution in [0.2, 0.25) is 0 Å². The molecule has 0 saturated carbocycles. The molecule has 0 atom stereocenters. The molecule has 0 radical (unpaired) electrons. The topological polar surface area (TPSA) is 111 Å². The number of nitrogens with one attached hydrogen (secondary N) is 1. The number of carbonyl (C=O) groups excluding carboxylic acids is 3. The van der Waals surface area contributed by atoms with Crippen LogP contribution < -0.4 is 20.5 Å². The summed E-state index contributed by atoms with van der Waals surface area (Å²) >= 11 is 0. The summed E-state index contributed by atoms with van der Waals surface area (Å²) in [5.41, 5.74) is 3.80. The second-order valence-corrected chi connectivity index (χ2v) is 6.53. The zero-order chi connectivity index (χ0) is 23.9. The maximum absolute atomic E-state index is 13.1. The van der Waals surface area contributed by atoms with E-state index in [1.165, 1.54) is 37.4 Å². The van der Waals surface area contributed by atoms with Gasteiger partial charge in [-0.25, -0.2) is 0 Å². The van der Waals surface area contributed by atoms with E-state index in [4.69, 9.17) is 15.2 Å². The van der Waals surface area contributed by atoms with Gasteiger partial charge in [0.2, 0.25) is 5.91 Å². The minimum Gasteiger partial charge on any atom is -0.493 e. The van der Waals surface area contributed by atoms with E-state index < -0.39 is 41.7 Å². The SMILES string of the molecule is CCN(CC(=O)Nc1ccccc1C(F)(F)F)C(=O)c1ccc(OCC(N)=O)c(OC)c1. The van der Waals surface area contributed by atoms with Gasteiger partial charge in [-0.05, 0) is 37.3 Å². The Hall–Kier alpha value is -3.76. The molecule has 0 aromatic heterocycles. The van der Waals surface area contributed by atoms with Crippen molar-refractivity contribution in [2.75, 3.05) is 32.1 Å². The van der Waals surface area contributed by atoms with Gasteiger partial charge in [0, 0.05) is 12.1 Å². The van der Waals surface area contributed by atoms with Crippen LogP contribution in [0.15, 0.2) is 42.5 Å². The molecule has 32 heavy (non-hydrogen) atoms. The lowest BCUT2D eigenvalue weighted by Crippen LogP contribution is -2.38. The highest BCUT2D eigenvalue weighted by Gasteiger charge is 2.33. The van der Waals surface area contributed by atoms with Gasteiger partial charge in [0.25, 0.3) is 11.8 Å². The fourth-order valence-electron chi connectivity index (χ4n) is 2.78. The van der Waals surface area contributed by atoms with Crippen LogP contribution in [0.5, 0.6) is 11.5 Å². The number of hydrogen-bond donors (Lipinski definition) is 2. The lowest BCUT2D eigenvalue weighted by Gasteiger charge is -2.22. The van der Waals surface area contributed by atoms with Crippen LogP contribution in [-0.2, 0) is 15.8 Å². The number of hydrogen-bond acceptors (Lipinski definition) is 5. The standard InChI is InChI=1S/C21H22F3N3O5/c1-3-27(11-19(29)26-15-7-5-4-6-14(15)21(22,23)24)20(30)13-8-9-16(17(10-13)31-2)32-12-18(25)28/h4-10H,3,11-12H2,1-2H3,(H2,25,28)(H,26,29). The number of anilines is 1. The van der Waals surface area contributed by atoms with Crippen molar-refractivity contribution in [2.45, 2.75) is 13.1 Å². The van der Waals surface area contributed by atoms with Crippen LogP contribution in [0.3, 0.4) is 0 Å². The summed E-state index contributed by atoms with van der Waals surface area (Å²) in [6.45, 7) is 0.889. The molecule has 0 aliphatic carbocycles. The molecule has 0 bridgehead atoms. The maximum Gasteiger partial charge on any atom is 0.418 e. The first-order valence-electron chi connectivity index (χ1n) is 9.41. The molecule has 3 N–H and O–H groups in total. The van der Waals surface area contributed by atoms with Crippen molar-refractivity contribution in [1.82, 2.24) is 4.90 Å². The fourth-order valence-corrected chi connectivity index (χ4v) is 2.78. The highest BCUT2D eigenvalue weighted by molar-refractivity contribution is 6.00. The maximum atomic E-state index is 13.1. The Morgan fingerprint density at radius 1 is 1.09 bits per heavy atom. The number of benzene rings is 2. The van der Waals surface area contributed by atoms with Crippen molar-refractivity contribution < 1.29 is 37.0 Å². The number of carbonyl (C=O) groups is 3. The summed E-state index contributed by atoms with van der Waals surface area (Å²) in [4.78, 5) is 37.2. The molecule has 0 fully saturated rings. The molecule has 0 aliphatic rings. The number of halogens is 3. The van der Waals surface area contributed by atoms with E-state index in [0.29, 0.717) is 0 Å². The third-order valence-corrected chi connectivity index (χ3v) is 4.29. The van der Waals surface area contributed by atoms with E-state index in [-0.39, 0.29) is 30.2 Å². The van der Waals surface area contributed by atoms with Crippen molar-refractivity contribution in [3.05, 3.63) is 53.6 Å². The molecule has 0 unspecified atom stereocenters. The van der Waals surface area contributed by atoms with Crippen LogP contribution in [0, 0.1) is 0 Å². The van der Waals surface area contributed by atoms with Crippen molar-refractivity contribution in [3.63, 3.8) is 0 Å². The van der Waals surface area contributed by atoms with Crippen LogP contribution in [-0.4, -0.2) is 49.4 Å². The van der Waals surface area contributed by atoms with E-state index in [1.54, 1.807) is 6.92 Å². The molecule has 0 spiro atoms. The van der Waals surface area contributed by atoms with E-state index in [2.05, 4.69) is 5.32 Å². The van der Waals surface area contributed by atoms with Gasteiger partial charge < -0.3 is 25.4 Å². The van der Waals surface area contributed by atoms with Gasteiger partial charge >= 0.3 is 6.18 Å². The number of likely N-dealkylation sites (N-methyl/N-ethyl adjacent to an activating group) is 1. The van der Waals surface area contributed by atoms with E-state index in [1.807, 2.05) is 0 Å². The molecule has 0 aliphatic heterocycles. The van der Waals surface area contributed by atoms with Crippen molar-refractivity contribution >= 4 is 23.4 Å². The van der Waals surface area contributed by atoms with Gasteiger partial charge in [0.1, 0.15) is 6.54 Å². The molecule has 11 heteroatoms. The van der Waals surface area contributed by atoms with Gasteiger partial charge in [-0.1, -0.05) is 12.1 Å². The van der Waals surface area contributed by atoms with E-state index >= 15 is 0 Å². The van der Waals surface area contributed by atoms with Crippen molar-refractivity contribution in [2.24, 2.45) is 5.73 Å². The first-order valence-corrected chi connectivity index (χ1v) is 9.41. The normalized spacial score (nSPS) is 10.9. The lowest BCUT2D eigenvalue weighted by molar-refractivity contribution is -0.137. The summed E-state index contributed by atoms with van der Waals surface area (Å²) < 4.78 is 49.7. The van der Waals surface area contributed by atoms with Crippen LogP contribution >= 0.6 is 0 Å². The molecule has 8 nitrogen and oxygen atoms in total. The van der Waals surface area contributed by atoms with Gasteiger partial charge in [0.15, 0.2) is 18.1 Å². The number of primary amides is 1. The van der Waals surface area contributed by atoms with Gasteiger partial charge in [-0.3, -0.25) is 14.4 Å². The molecular formula is C21H22F3N3O5. The average molecular weight is 453 g/mol. The number of amides is 3. The summed E-state index contributed by atoms with van der Waals surface area (Å²) in [6, 6.07) is 8.73. The Morgan fingerprint density at radius 3 is 2.38 bits per heavy atom. The average Bonchev–Trinajstić information content (AvgIpc) is 2.75. The quantitative estimate of drug-likeness (QED) is 0.607. The summed E-state index contributed by atoms with van der Waals surface area (Å²) in [6.07, 6.45) is -4.64. The molecule has 2 aromatic rings. The number of alkyl halides is 3. The van der Waals surface area contributed by atoms with E-state index in [0.717, 1.165) is 17.0 Å². The molecule has 0 saturated heterocycles. The highest BCUT2D eigenvalue weighted by atomic mass is 19.4. The molecule has 172 valence electrons. The second kappa shape index (κ2) is 10.5. The third kappa shape index (κ3) is 6.37. The van der Waals surface area contributed by atoms with E-state index in [9.17, 15) is 27.6 Å². The van der Waals surface area contributed by atoms with Crippen molar-refractivity contribution in [1.29, 1.82) is 0 Å². The van der Waals surface area contributed by atoms with Gasteiger partial charge in [-0.15, -0.1) is 0 Å². The molecular weight excluding hydrogens is 431 g/mol. The van der Waals surface area contributed by atoms with Crippen LogP contribution in [0.25, 0.3) is 0 Å². The van der Waals surface area contributed by atoms with Crippen LogP contribution in [0.4, 0.5) is 18.9 Å². The smallest absolute Gasteiger partial charge is 0.418 e. The monoisotopic (exact) mass is 453 g/mol. The number of para-hydroxylation sites is 1. The summed E-state index contributed by atoms with van der Waals surface area (Å²) in [5, 5.41) is 2.21. The highest BCUT2D eigenvalue weighted by Crippen LogP contribution is 2.34. The Labute approximate surface area is 182 Å². The zero-order valence-electron chi connectivity index (χ0n) is 17.4. The Morgan fingerprint density at radius 2 is 1.78 bits per heavy atom. The molecule has 3 amide bonds. The van der Waals surface area contributed by atoms with Gasteiger partial charge in [0.05, 0.1) is 18.4 Å². The second-order valence-electron chi connectivity index (χ2n) is 6.53. The van der Waals surface area contributed by atoms with Crippen LogP contribution in [0.1, 0.15) is 22.8 Å². The Kier molecular flexibility index (Phi) is 8.05. The number of nitrogens with two attached hydrogens (primary N) is 1. The van der Waals surface area contributed by atoms with Gasteiger partial charge in [-0.2, -0.15) is 13.2 Å². The molecule has 0 heterocycles. The zero-order valence-corrected chi connectivity index (χ0v) is 17.4. The Bertz CT molecular complexity index is 995.